The number of nitrogens with one attached hydrogen (secondary N) is 1. The van der Waals surface area contributed by atoms with Crippen LogP contribution in [0, 0.1) is 6.92 Å². The van der Waals surface area contributed by atoms with Crippen LogP contribution < -0.4 is 10.1 Å². The number of nitrogens with zero attached hydrogens (tertiary/aromatic N) is 2. The van der Waals surface area contributed by atoms with E-state index in [1.165, 1.54) is 11.3 Å². The number of carbonyl (C=O) groups excluding carboxylic acids is 1. The zero-order chi connectivity index (χ0) is 19.2. The van der Waals surface area contributed by atoms with Crippen LogP contribution in [0.2, 0.25) is 0 Å². The summed E-state index contributed by atoms with van der Waals surface area (Å²) in [7, 11) is 0. The molecular weight excluding hydrogens is 358 g/mol. The van der Waals surface area contributed by atoms with Crippen LogP contribution in [0.4, 0.5) is 0 Å². The molecule has 0 atom stereocenters. The van der Waals surface area contributed by atoms with Gasteiger partial charge in [0.15, 0.2) is 0 Å². The van der Waals surface area contributed by atoms with Gasteiger partial charge in [-0.05, 0) is 70.5 Å². The van der Waals surface area contributed by atoms with Gasteiger partial charge in [0.25, 0.3) is 5.91 Å². The van der Waals surface area contributed by atoms with Crippen molar-refractivity contribution in [2.45, 2.75) is 46.1 Å². The minimum atomic E-state index is 0.135. The first-order valence-corrected chi connectivity index (χ1v) is 10.7. The van der Waals surface area contributed by atoms with Crippen molar-refractivity contribution in [1.82, 2.24) is 15.2 Å². The van der Waals surface area contributed by atoms with E-state index < -0.39 is 0 Å². The summed E-state index contributed by atoms with van der Waals surface area (Å²) in [5.74, 6) is 0.988. The van der Waals surface area contributed by atoms with E-state index in [0.29, 0.717) is 12.6 Å². The number of amides is 1. The number of piperidine rings is 1. The van der Waals surface area contributed by atoms with Crippen molar-refractivity contribution in [3.05, 3.63) is 34.8 Å². The molecule has 2 heterocycles. The number of hydrogen-bond acceptors (Lipinski definition) is 5. The lowest BCUT2D eigenvalue weighted by molar-refractivity contribution is 0.0646. The predicted molar refractivity (Wildman–Crippen MR) is 111 cm³/mol. The largest absolute Gasteiger partial charge is 0.494 e. The number of hydrogen-bond donors (Lipinski definition) is 1. The number of ether oxygens (including phenoxy) is 1. The summed E-state index contributed by atoms with van der Waals surface area (Å²) in [6, 6.07) is 8.25. The number of carbonyl (C=O) groups is 1. The molecule has 0 spiro atoms. The van der Waals surface area contributed by atoms with Gasteiger partial charge in [-0.3, -0.25) is 4.79 Å². The molecule has 0 saturated carbocycles. The molecule has 1 aromatic carbocycles. The van der Waals surface area contributed by atoms with Crippen LogP contribution in [0.1, 0.15) is 48.5 Å². The predicted octanol–water partition coefficient (Wildman–Crippen LogP) is 4.12. The molecule has 3 rings (SSSR count). The van der Waals surface area contributed by atoms with E-state index in [2.05, 4.69) is 22.1 Å². The highest BCUT2D eigenvalue weighted by Gasteiger charge is 2.28. The molecule has 1 N–H and O–H groups in total. The molecule has 1 aliphatic heterocycles. The van der Waals surface area contributed by atoms with Gasteiger partial charge in [-0.2, -0.15) is 0 Å². The van der Waals surface area contributed by atoms with Crippen LogP contribution in [0.3, 0.4) is 0 Å². The van der Waals surface area contributed by atoms with E-state index in [4.69, 9.17) is 4.74 Å². The van der Waals surface area contributed by atoms with Crippen LogP contribution in [-0.2, 0) is 0 Å². The topological polar surface area (TPSA) is 54.5 Å². The Morgan fingerprint density at radius 3 is 2.59 bits per heavy atom. The number of thiazole rings is 1. The minimum Gasteiger partial charge on any atom is -0.494 e. The first kappa shape index (κ1) is 19.8. The second-order valence-corrected chi connectivity index (χ2v) is 7.87. The number of benzene rings is 1. The van der Waals surface area contributed by atoms with Gasteiger partial charge in [-0.25, -0.2) is 4.98 Å². The Morgan fingerprint density at radius 2 is 1.96 bits per heavy atom. The lowest BCUT2D eigenvalue weighted by Gasteiger charge is -2.34. The van der Waals surface area contributed by atoms with Gasteiger partial charge in [0, 0.05) is 18.2 Å². The first-order valence-electron chi connectivity index (χ1n) is 9.86. The Labute approximate surface area is 165 Å². The lowest BCUT2D eigenvalue weighted by Crippen LogP contribution is -2.46. The van der Waals surface area contributed by atoms with Crippen molar-refractivity contribution in [3.8, 4) is 16.3 Å². The molecule has 146 valence electrons. The molecule has 1 aromatic heterocycles. The van der Waals surface area contributed by atoms with Gasteiger partial charge in [0.05, 0.1) is 12.3 Å². The van der Waals surface area contributed by atoms with Crippen molar-refractivity contribution in [2.75, 3.05) is 26.2 Å². The molecule has 0 aliphatic carbocycles. The average molecular weight is 388 g/mol. The monoisotopic (exact) mass is 387 g/mol. The average Bonchev–Trinajstić information content (AvgIpc) is 3.09. The van der Waals surface area contributed by atoms with Gasteiger partial charge in [0.1, 0.15) is 15.6 Å². The van der Waals surface area contributed by atoms with Crippen molar-refractivity contribution in [1.29, 1.82) is 0 Å². The number of aromatic nitrogens is 1. The molecule has 0 radical (unpaired) electrons. The fourth-order valence-corrected chi connectivity index (χ4v) is 4.55. The van der Waals surface area contributed by atoms with Crippen LogP contribution in [0.15, 0.2) is 24.3 Å². The summed E-state index contributed by atoms with van der Waals surface area (Å²) >= 11 is 1.50. The van der Waals surface area contributed by atoms with Gasteiger partial charge in [-0.15, -0.1) is 11.3 Å². The van der Waals surface area contributed by atoms with Crippen molar-refractivity contribution < 1.29 is 9.53 Å². The van der Waals surface area contributed by atoms with Crippen molar-refractivity contribution >= 4 is 17.2 Å². The van der Waals surface area contributed by atoms with Gasteiger partial charge >= 0.3 is 0 Å². The highest BCUT2D eigenvalue weighted by atomic mass is 32.1. The summed E-state index contributed by atoms with van der Waals surface area (Å²) in [6.07, 6.45) is 3.02. The van der Waals surface area contributed by atoms with E-state index >= 15 is 0 Å². The zero-order valence-corrected chi connectivity index (χ0v) is 17.3. The smallest absolute Gasteiger partial charge is 0.266 e. The fourth-order valence-electron chi connectivity index (χ4n) is 3.52. The van der Waals surface area contributed by atoms with Crippen LogP contribution in [0.5, 0.6) is 5.75 Å². The molecule has 1 amide bonds. The van der Waals surface area contributed by atoms with Crippen LogP contribution in [0.25, 0.3) is 10.6 Å². The molecule has 0 unspecified atom stereocenters. The second-order valence-electron chi connectivity index (χ2n) is 6.87. The quantitative estimate of drug-likeness (QED) is 0.776. The molecule has 0 bridgehead atoms. The van der Waals surface area contributed by atoms with E-state index in [1.807, 2.05) is 38.1 Å². The van der Waals surface area contributed by atoms with E-state index in [1.54, 1.807) is 0 Å². The van der Waals surface area contributed by atoms with E-state index in [-0.39, 0.29) is 5.91 Å². The van der Waals surface area contributed by atoms with Crippen LogP contribution in [-0.4, -0.2) is 48.1 Å². The third kappa shape index (κ3) is 4.68. The molecule has 5 nitrogen and oxygen atoms in total. The Balaban J connectivity index is 1.82. The SMILES string of the molecule is CCCN(C(=O)c1sc(-c2ccc(OCC)cc2)nc1C)C1CCNCC1. The molecule has 6 heteroatoms. The molecule has 1 saturated heterocycles. The zero-order valence-electron chi connectivity index (χ0n) is 16.5. The number of aryl methyl sites for hydroxylation is 1. The maximum absolute atomic E-state index is 13.3. The van der Waals surface area contributed by atoms with E-state index in [9.17, 15) is 4.79 Å². The number of rotatable bonds is 7. The second kappa shape index (κ2) is 9.33. The Bertz CT molecular complexity index is 751. The summed E-state index contributed by atoms with van der Waals surface area (Å²) in [5, 5.41) is 4.27. The van der Waals surface area contributed by atoms with Gasteiger partial charge < -0.3 is 15.0 Å². The van der Waals surface area contributed by atoms with Crippen molar-refractivity contribution in [3.63, 3.8) is 0 Å². The Kier molecular flexibility index (Phi) is 6.85. The maximum Gasteiger partial charge on any atom is 0.266 e. The summed E-state index contributed by atoms with van der Waals surface area (Å²) in [4.78, 5) is 20.8. The highest BCUT2D eigenvalue weighted by molar-refractivity contribution is 7.17. The Hall–Kier alpha value is -1.92. The summed E-state index contributed by atoms with van der Waals surface area (Å²) < 4.78 is 5.51. The molecule has 2 aromatic rings. The summed E-state index contributed by atoms with van der Waals surface area (Å²) in [6.45, 7) is 9.47. The fraction of sp³-hybridized carbons (Fsp3) is 0.524. The van der Waals surface area contributed by atoms with Gasteiger partial charge in [0.2, 0.25) is 0 Å². The summed E-state index contributed by atoms with van der Waals surface area (Å²) in [5.41, 5.74) is 1.85. The Morgan fingerprint density at radius 1 is 1.26 bits per heavy atom. The standard InChI is InChI=1S/C21H29N3O2S/c1-4-14-24(17-10-12-22-13-11-17)21(25)19-15(3)23-20(27-19)16-6-8-18(9-7-16)26-5-2/h6-9,17,22H,4-5,10-14H2,1-3H3. The normalized spacial score (nSPS) is 14.9. The van der Waals surface area contributed by atoms with Gasteiger partial charge in [-0.1, -0.05) is 6.92 Å². The third-order valence-electron chi connectivity index (χ3n) is 4.88. The maximum atomic E-state index is 13.3. The highest BCUT2D eigenvalue weighted by Crippen LogP contribution is 2.31. The molecule has 1 fully saturated rings. The minimum absolute atomic E-state index is 0.135. The van der Waals surface area contributed by atoms with Crippen molar-refractivity contribution in [2.24, 2.45) is 0 Å². The lowest BCUT2D eigenvalue weighted by atomic mass is 10.0. The molecule has 27 heavy (non-hydrogen) atoms. The first-order chi connectivity index (χ1) is 13.1. The van der Waals surface area contributed by atoms with E-state index in [0.717, 1.165) is 65.8 Å². The van der Waals surface area contributed by atoms with Crippen LogP contribution >= 0.6 is 11.3 Å². The molecule has 1 aliphatic rings. The third-order valence-corrected chi connectivity index (χ3v) is 6.07. The molecular formula is C21H29N3O2S.